The molecule has 0 radical (unpaired) electrons. The van der Waals surface area contributed by atoms with Gasteiger partial charge in [0.1, 0.15) is 0 Å². The molecule has 2 nitrogen and oxygen atoms in total. The Morgan fingerprint density at radius 3 is 2.43 bits per heavy atom. The van der Waals surface area contributed by atoms with Crippen molar-refractivity contribution in [3.05, 3.63) is 0 Å². The van der Waals surface area contributed by atoms with Crippen molar-refractivity contribution in [1.82, 2.24) is 10.2 Å². The van der Waals surface area contributed by atoms with E-state index in [1.807, 2.05) is 0 Å². The third-order valence-corrected chi connectivity index (χ3v) is 3.96. The van der Waals surface area contributed by atoms with Crippen molar-refractivity contribution in [3.8, 4) is 0 Å². The van der Waals surface area contributed by atoms with Gasteiger partial charge in [0.05, 0.1) is 0 Å². The number of thiol groups is 1. The first-order valence-corrected chi connectivity index (χ1v) is 6.23. The highest BCUT2D eigenvalue weighted by molar-refractivity contribution is 7.80. The second-order valence-corrected chi connectivity index (χ2v) is 6.04. The summed E-state index contributed by atoms with van der Waals surface area (Å²) in [6.45, 7) is 9.09. The average molecular weight is 214 g/mol. The highest BCUT2D eigenvalue weighted by Crippen LogP contribution is 2.53. The molecule has 0 amide bonds. The summed E-state index contributed by atoms with van der Waals surface area (Å²) < 4.78 is 0. The predicted octanol–water partition coefficient (Wildman–Crippen LogP) is 1.72. The first kappa shape index (κ1) is 10.8. The zero-order chi connectivity index (χ0) is 10.3. The smallest absolute Gasteiger partial charge is 0.0500 e. The minimum atomic E-state index is 0.409. The Balaban J connectivity index is 1.97. The van der Waals surface area contributed by atoms with Crippen LogP contribution in [0.4, 0.5) is 0 Å². The molecule has 82 valence electrons. The Labute approximate surface area is 92.8 Å². The minimum Gasteiger partial charge on any atom is -0.310 e. The van der Waals surface area contributed by atoms with E-state index in [9.17, 15) is 0 Å². The van der Waals surface area contributed by atoms with E-state index in [4.69, 9.17) is 0 Å². The standard InChI is InChI=1S/C11H22N2S/c1-8(2)12-10-6-13(9(3)14)7-11(10)4-5-11/h8-10,12,14H,4-7H2,1-3H3. The second kappa shape index (κ2) is 3.69. The van der Waals surface area contributed by atoms with Gasteiger partial charge in [-0.05, 0) is 25.2 Å². The van der Waals surface area contributed by atoms with Crippen molar-refractivity contribution >= 4 is 12.6 Å². The van der Waals surface area contributed by atoms with Gasteiger partial charge in [-0.25, -0.2) is 0 Å². The van der Waals surface area contributed by atoms with Crippen molar-refractivity contribution in [1.29, 1.82) is 0 Å². The van der Waals surface area contributed by atoms with Gasteiger partial charge in [0.15, 0.2) is 0 Å². The Morgan fingerprint density at radius 2 is 2.00 bits per heavy atom. The van der Waals surface area contributed by atoms with E-state index in [2.05, 4.69) is 43.6 Å². The molecule has 14 heavy (non-hydrogen) atoms. The molecule has 0 aromatic rings. The maximum atomic E-state index is 4.53. The molecule has 2 aliphatic rings. The SMILES string of the molecule is CC(C)NC1CN(C(C)S)CC12CC2. The summed E-state index contributed by atoms with van der Waals surface area (Å²) in [5, 5.41) is 4.11. The lowest BCUT2D eigenvalue weighted by molar-refractivity contribution is 0.313. The normalized spacial score (nSPS) is 32.8. The van der Waals surface area contributed by atoms with Gasteiger partial charge in [0.2, 0.25) is 0 Å². The summed E-state index contributed by atoms with van der Waals surface area (Å²) in [4.78, 5) is 2.50. The van der Waals surface area contributed by atoms with E-state index in [1.54, 1.807) is 0 Å². The first-order chi connectivity index (χ1) is 6.53. The van der Waals surface area contributed by atoms with E-state index in [1.165, 1.54) is 25.9 Å². The van der Waals surface area contributed by atoms with Gasteiger partial charge in [-0.2, -0.15) is 12.6 Å². The van der Waals surface area contributed by atoms with Crippen molar-refractivity contribution in [2.24, 2.45) is 5.41 Å². The Hall–Kier alpha value is 0.270. The molecule has 2 rings (SSSR count). The summed E-state index contributed by atoms with van der Waals surface area (Å²) in [6.07, 6.45) is 2.82. The van der Waals surface area contributed by atoms with Gasteiger partial charge in [-0.15, -0.1) is 0 Å². The highest BCUT2D eigenvalue weighted by Gasteiger charge is 2.55. The van der Waals surface area contributed by atoms with Crippen LogP contribution in [0, 0.1) is 5.41 Å². The third kappa shape index (κ3) is 1.95. The maximum absolute atomic E-state index is 4.53. The molecule has 2 unspecified atom stereocenters. The molecule has 1 aliphatic carbocycles. The molecule has 1 saturated carbocycles. The molecule has 2 fully saturated rings. The number of rotatable bonds is 3. The van der Waals surface area contributed by atoms with E-state index in [0.717, 1.165) is 0 Å². The summed E-state index contributed by atoms with van der Waals surface area (Å²) in [7, 11) is 0. The monoisotopic (exact) mass is 214 g/mol. The van der Waals surface area contributed by atoms with Crippen LogP contribution in [0.1, 0.15) is 33.6 Å². The summed E-state index contributed by atoms with van der Waals surface area (Å²) in [5.41, 5.74) is 0.612. The Bertz CT molecular complexity index is 211. The number of nitrogens with zero attached hydrogens (tertiary/aromatic N) is 1. The highest BCUT2D eigenvalue weighted by atomic mass is 32.1. The number of hydrogen-bond donors (Lipinski definition) is 2. The minimum absolute atomic E-state index is 0.409. The zero-order valence-corrected chi connectivity index (χ0v) is 10.3. The van der Waals surface area contributed by atoms with Gasteiger partial charge in [-0.3, -0.25) is 4.90 Å². The van der Waals surface area contributed by atoms with Crippen LogP contribution in [0.25, 0.3) is 0 Å². The van der Waals surface area contributed by atoms with Crippen molar-refractivity contribution in [3.63, 3.8) is 0 Å². The number of nitrogens with one attached hydrogen (secondary N) is 1. The molecule has 0 bridgehead atoms. The van der Waals surface area contributed by atoms with Gasteiger partial charge in [0, 0.05) is 30.5 Å². The van der Waals surface area contributed by atoms with Gasteiger partial charge in [-0.1, -0.05) is 13.8 Å². The van der Waals surface area contributed by atoms with E-state index >= 15 is 0 Å². The van der Waals surface area contributed by atoms with Crippen LogP contribution in [-0.2, 0) is 0 Å². The molecule has 1 N–H and O–H groups in total. The molecular formula is C11H22N2S. The van der Waals surface area contributed by atoms with Crippen molar-refractivity contribution in [2.75, 3.05) is 13.1 Å². The van der Waals surface area contributed by atoms with Crippen LogP contribution < -0.4 is 5.32 Å². The van der Waals surface area contributed by atoms with E-state index in [-0.39, 0.29) is 0 Å². The quantitative estimate of drug-likeness (QED) is 0.696. The van der Waals surface area contributed by atoms with E-state index < -0.39 is 0 Å². The van der Waals surface area contributed by atoms with Crippen LogP contribution in [0.15, 0.2) is 0 Å². The van der Waals surface area contributed by atoms with Gasteiger partial charge < -0.3 is 5.32 Å². The lowest BCUT2D eigenvalue weighted by Crippen LogP contribution is -2.41. The van der Waals surface area contributed by atoms with Crippen molar-refractivity contribution < 1.29 is 0 Å². The number of likely N-dealkylation sites (tertiary alicyclic amines) is 1. The lowest BCUT2D eigenvalue weighted by Gasteiger charge is -2.21. The molecule has 2 atom stereocenters. The Kier molecular flexibility index (Phi) is 2.84. The molecule has 1 saturated heterocycles. The van der Waals surface area contributed by atoms with Crippen LogP contribution in [0.2, 0.25) is 0 Å². The van der Waals surface area contributed by atoms with Gasteiger partial charge in [0.25, 0.3) is 0 Å². The molecule has 3 heteroatoms. The third-order valence-electron chi connectivity index (χ3n) is 3.63. The van der Waals surface area contributed by atoms with Crippen LogP contribution >= 0.6 is 12.6 Å². The Morgan fingerprint density at radius 1 is 1.36 bits per heavy atom. The zero-order valence-electron chi connectivity index (χ0n) is 9.45. The van der Waals surface area contributed by atoms with E-state index in [0.29, 0.717) is 22.9 Å². The molecule has 0 aromatic heterocycles. The molecular weight excluding hydrogens is 192 g/mol. The fourth-order valence-corrected chi connectivity index (χ4v) is 2.77. The fourth-order valence-electron chi connectivity index (χ4n) is 2.59. The lowest BCUT2D eigenvalue weighted by atomic mass is 10.0. The predicted molar refractivity (Wildman–Crippen MR) is 63.7 cm³/mol. The van der Waals surface area contributed by atoms with Gasteiger partial charge >= 0.3 is 0 Å². The van der Waals surface area contributed by atoms with Crippen LogP contribution in [-0.4, -0.2) is 35.4 Å². The molecule has 0 aromatic carbocycles. The average Bonchev–Trinajstić information content (AvgIpc) is 2.72. The summed E-state index contributed by atoms with van der Waals surface area (Å²) >= 11 is 4.53. The second-order valence-electron chi connectivity index (χ2n) is 5.30. The largest absolute Gasteiger partial charge is 0.310 e. The van der Waals surface area contributed by atoms with Crippen molar-refractivity contribution in [2.45, 2.75) is 51.1 Å². The molecule has 1 heterocycles. The number of hydrogen-bond acceptors (Lipinski definition) is 3. The molecule has 1 aliphatic heterocycles. The maximum Gasteiger partial charge on any atom is 0.0500 e. The summed E-state index contributed by atoms with van der Waals surface area (Å²) in [6, 6.07) is 1.31. The fraction of sp³-hybridized carbons (Fsp3) is 1.00. The van der Waals surface area contributed by atoms with Crippen LogP contribution in [0.5, 0.6) is 0 Å². The molecule has 1 spiro atoms. The van der Waals surface area contributed by atoms with Crippen LogP contribution in [0.3, 0.4) is 0 Å². The topological polar surface area (TPSA) is 15.3 Å². The first-order valence-electron chi connectivity index (χ1n) is 5.72. The summed E-state index contributed by atoms with van der Waals surface area (Å²) in [5.74, 6) is 0.